The maximum Gasteiger partial charge on any atom is 0.332 e. The summed E-state index contributed by atoms with van der Waals surface area (Å²) in [6, 6.07) is 14.4. The van der Waals surface area contributed by atoms with Gasteiger partial charge in [-0.15, -0.1) is 0 Å². The number of carbonyl (C=O) groups is 2. The molecule has 0 bridgehead atoms. The number of nitrogens with zero attached hydrogens (tertiary/aromatic N) is 2. The van der Waals surface area contributed by atoms with E-state index in [0.717, 1.165) is 11.0 Å². The lowest BCUT2D eigenvalue weighted by Crippen LogP contribution is -2.55. The Morgan fingerprint density at radius 3 is 2.37 bits per heavy atom. The van der Waals surface area contributed by atoms with Gasteiger partial charge in [-0.1, -0.05) is 43.7 Å². The summed E-state index contributed by atoms with van der Waals surface area (Å²) >= 11 is 0. The van der Waals surface area contributed by atoms with Crippen LogP contribution in [-0.2, 0) is 18.4 Å². The normalized spacial score (nSPS) is 16.8. The van der Waals surface area contributed by atoms with Crippen LogP contribution < -0.4 is 26.6 Å². The van der Waals surface area contributed by atoms with E-state index in [9.17, 15) is 19.2 Å². The molecule has 2 unspecified atom stereocenters. The van der Waals surface area contributed by atoms with Gasteiger partial charge in [0.05, 0.1) is 12.7 Å². The van der Waals surface area contributed by atoms with Crippen LogP contribution >= 0.6 is 0 Å². The van der Waals surface area contributed by atoms with E-state index in [1.54, 1.807) is 61.7 Å². The average molecular weight is 477 g/mol. The number of rotatable bonds is 7. The molecular weight excluding hydrogens is 448 g/mol. The van der Waals surface area contributed by atoms with Crippen molar-refractivity contribution in [3.05, 3.63) is 92.1 Å². The van der Waals surface area contributed by atoms with Gasteiger partial charge < -0.3 is 15.4 Å². The van der Waals surface area contributed by atoms with Gasteiger partial charge in [0.25, 0.3) is 11.5 Å². The van der Waals surface area contributed by atoms with Gasteiger partial charge in [0.1, 0.15) is 17.6 Å². The zero-order valence-electron chi connectivity index (χ0n) is 19.9. The van der Waals surface area contributed by atoms with E-state index in [0.29, 0.717) is 29.8 Å². The highest BCUT2D eigenvalue weighted by atomic mass is 16.5. The van der Waals surface area contributed by atoms with Gasteiger partial charge >= 0.3 is 5.69 Å². The molecule has 0 fully saturated rings. The molecule has 1 aliphatic heterocycles. The van der Waals surface area contributed by atoms with Gasteiger partial charge in [0.2, 0.25) is 5.91 Å². The van der Waals surface area contributed by atoms with Crippen molar-refractivity contribution >= 4 is 17.6 Å². The largest absolute Gasteiger partial charge is 0.497 e. The molecule has 35 heavy (non-hydrogen) atoms. The molecule has 1 aromatic heterocycles. The molecule has 2 N–H and O–H groups in total. The molecule has 9 heteroatoms. The number of carbonyl (C=O) groups excluding carboxylic acids is 2. The predicted octanol–water partition coefficient (Wildman–Crippen LogP) is 2.24. The third-order valence-corrected chi connectivity index (χ3v) is 6.28. The minimum Gasteiger partial charge on any atom is -0.497 e. The van der Waals surface area contributed by atoms with Crippen molar-refractivity contribution in [1.29, 1.82) is 0 Å². The number of hydrogen-bond acceptors (Lipinski definition) is 5. The molecule has 2 atom stereocenters. The van der Waals surface area contributed by atoms with Crippen molar-refractivity contribution in [3.8, 4) is 5.75 Å². The Morgan fingerprint density at radius 2 is 1.74 bits per heavy atom. The van der Waals surface area contributed by atoms with Crippen molar-refractivity contribution in [2.75, 3.05) is 12.4 Å². The Morgan fingerprint density at radius 1 is 1.06 bits per heavy atom. The second-order valence-electron chi connectivity index (χ2n) is 8.47. The summed E-state index contributed by atoms with van der Waals surface area (Å²) in [7, 11) is 2.97. The zero-order chi connectivity index (χ0) is 25.1. The highest BCUT2D eigenvalue weighted by Crippen LogP contribution is 2.35. The summed E-state index contributed by atoms with van der Waals surface area (Å²) in [4.78, 5) is 52.8. The van der Waals surface area contributed by atoms with Crippen LogP contribution in [0.4, 0.5) is 5.82 Å². The topological polar surface area (TPSA) is 111 Å². The quantitative estimate of drug-likeness (QED) is 0.543. The molecule has 0 aliphatic carbocycles. The lowest BCUT2D eigenvalue weighted by atomic mass is 9.82. The molecule has 0 saturated carbocycles. The maximum absolute atomic E-state index is 13.4. The Bertz CT molecular complexity index is 1360. The van der Waals surface area contributed by atoms with Crippen LogP contribution in [-0.4, -0.2) is 34.1 Å². The fourth-order valence-corrected chi connectivity index (χ4v) is 4.38. The lowest BCUT2D eigenvalue weighted by molar-refractivity contribution is -0.118. The number of anilines is 1. The molecule has 1 aliphatic rings. The summed E-state index contributed by atoms with van der Waals surface area (Å²) in [6.07, 6.45) is 1.53. The molecular formula is C26H28N4O5. The van der Waals surface area contributed by atoms with Gasteiger partial charge in [-0.2, -0.15) is 0 Å². The van der Waals surface area contributed by atoms with Gasteiger partial charge in [-0.25, -0.2) is 4.79 Å². The standard InChI is InChI=1S/C26H28N4O5/c1-4-5-15-30-22-20(25(33)29(2)26(30)34)19(16-11-13-18(35-3)14-12-16)21(24(32)28-22)27-23(31)17-9-7-6-8-10-17/h6-14,19,21H,4-5,15H2,1-3H3,(H,27,31)(H,28,32). The molecule has 2 aromatic carbocycles. The first kappa shape index (κ1) is 24.0. The average Bonchev–Trinajstić information content (AvgIpc) is 2.88. The summed E-state index contributed by atoms with van der Waals surface area (Å²) in [5, 5.41) is 5.56. The van der Waals surface area contributed by atoms with E-state index in [1.165, 1.54) is 11.6 Å². The fraction of sp³-hybridized carbons (Fsp3) is 0.308. The summed E-state index contributed by atoms with van der Waals surface area (Å²) in [6.45, 7) is 2.34. The van der Waals surface area contributed by atoms with E-state index in [1.807, 2.05) is 6.92 Å². The Hall–Kier alpha value is -4.14. The number of benzene rings is 2. The lowest BCUT2D eigenvalue weighted by Gasteiger charge is -2.34. The van der Waals surface area contributed by atoms with Crippen molar-refractivity contribution in [3.63, 3.8) is 0 Å². The first-order valence-electron chi connectivity index (χ1n) is 11.5. The van der Waals surface area contributed by atoms with Crippen LogP contribution in [0.2, 0.25) is 0 Å². The Kier molecular flexibility index (Phi) is 6.86. The third kappa shape index (κ3) is 4.49. The summed E-state index contributed by atoms with van der Waals surface area (Å²) in [5.74, 6) is -0.962. The van der Waals surface area contributed by atoms with Crippen molar-refractivity contribution in [2.45, 2.75) is 38.3 Å². The van der Waals surface area contributed by atoms with E-state index < -0.39 is 35.0 Å². The highest BCUT2D eigenvalue weighted by Gasteiger charge is 2.42. The molecule has 2 amide bonds. The number of fused-ring (bicyclic) bond motifs is 1. The Balaban J connectivity index is 1.90. The van der Waals surface area contributed by atoms with Gasteiger partial charge in [0, 0.05) is 25.1 Å². The van der Waals surface area contributed by atoms with Crippen LogP contribution in [0.5, 0.6) is 5.75 Å². The number of amides is 2. The second-order valence-corrected chi connectivity index (χ2v) is 8.47. The molecule has 0 saturated heterocycles. The monoisotopic (exact) mass is 476 g/mol. The predicted molar refractivity (Wildman–Crippen MR) is 132 cm³/mol. The van der Waals surface area contributed by atoms with Crippen LogP contribution in [0, 0.1) is 0 Å². The zero-order valence-corrected chi connectivity index (χ0v) is 19.9. The first-order chi connectivity index (χ1) is 16.9. The van der Waals surface area contributed by atoms with Crippen LogP contribution in [0.15, 0.2) is 64.2 Å². The number of ether oxygens (including phenoxy) is 1. The number of unbranched alkanes of at least 4 members (excludes halogenated alkanes) is 1. The highest BCUT2D eigenvalue weighted by molar-refractivity contribution is 6.03. The van der Waals surface area contributed by atoms with E-state index in [2.05, 4.69) is 10.6 Å². The summed E-state index contributed by atoms with van der Waals surface area (Å²) < 4.78 is 7.75. The Labute approximate surface area is 202 Å². The van der Waals surface area contributed by atoms with Gasteiger partial charge in [-0.05, 0) is 36.2 Å². The summed E-state index contributed by atoms with van der Waals surface area (Å²) in [5.41, 5.74) is 0.269. The van der Waals surface area contributed by atoms with Gasteiger partial charge in [0.15, 0.2) is 0 Å². The third-order valence-electron chi connectivity index (χ3n) is 6.28. The molecule has 2 heterocycles. The molecule has 0 spiro atoms. The first-order valence-corrected chi connectivity index (χ1v) is 11.5. The molecule has 0 radical (unpaired) electrons. The molecule has 3 aromatic rings. The van der Waals surface area contributed by atoms with Gasteiger partial charge in [-0.3, -0.25) is 23.5 Å². The number of hydrogen-bond donors (Lipinski definition) is 2. The van der Waals surface area contributed by atoms with Crippen LogP contribution in [0.25, 0.3) is 0 Å². The van der Waals surface area contributed by atoms with Crippen molar-refractivity contribution in [1.82, 2.24) is 14.5 Å². The maximum atomic E-state index is 13.4. The SMILES string of the molecule is CCCCn1c2c(c(=O)n(C)c1=O)C(c1ccc(OC)cc1)C(NC(=O)c1ccccc1)C(=O)N2. The minimum absolute atomic E-state index is 0.183. The number of methoxy groups -OCH3 is 1. The second kappa shape index (κ2) is 10.0. The van der Waals surface area contributed by atoms with Crippen LogP contribution in [0.3, 0.4) is 0 Å². The van der Waals surface area contributed by atoms with E-state index >= 15 is 0 Å². The minimum atomic E-state index is -1.08. The van der Waals surface area contributed by atoms with Crippen LogP contribution in [0.1, 0.15) is 47.2 Å². The molecule has 4 rings (SSSR count). The smallest absolute Gasteiger partial charge is 0.332 e. The molecule has 182 valence electrons. The van der Waals surface area contributed by atoms with E-state index in [4.69, 9.17) is 4.74 Å². The fourth-order valence-electron chi connectivity index (χ4n) is 4.38. The number of nitrogens with one attached hydrogen (secondary N) is 2. The van der Waals surface area contributed by atoms with E-state index in [-0.39, 0.29) is 11.4 Å². The van der Waals surface area contributed by atoms with Crippen molar-refractivity contribution in [2.24, 2.45) is 7.05 Å². The number of aromatic nitrogens is 2. The molecule has 9 nitrogen and oxygen atoms in total. The van der Waals surface area contributed by atoms with Crippen molar-refractivity contribution < 1.29 is 14.3 Å².